The van der Waals surface area contributed by atoms with Crippen molar-refractivity contribution in [1.29, 1.82) is 0 Å². The van der Waals surface area contributed by atoms with Gasteiger partial charge in [-0.25, -0.2) is 0 Å². The van der Waals surface area contributed by atoms with Crippen LogP contribution >= 0.6 is 0 Å². The van der Waals surface area contributed by atoms with Gasteiger partial charge in [0.2, 0.25) is 0 Å². The van der Waals surface area contributed by atoms with Crippen LogP contribution in [0.4, 0.5) is 0 Å². The summed E-state index contributed by atoms with van der Waals surface area (Å²) in [5.41, 5.74) is 9.64. The fraction of sp³-hybridized carbons (Fsp3) is 0.312. The SMILES string of the molecule is NC1C=C(Cc2ccc3ccccc3n2)CCC1. The minimum absolute atomic E-state index is 0.245. The molecule has 0 fully saturated rings. The Hall–Kier alpha value is -1.67. The maximum atomic E-state index is 5.97. The first-order valence-corrected chi connectivity index (χ1v) is 6.61. The molecule has 0 spiro atoms. The van der Waals surface area contributed by atoms with Gasteiger partial charge in [-0.1, -0.05) is 35.9 Å². The van der Waals surface area contributed by atoms with Crippen molar-refractivity contribution in [3.05, 3.63) is 53.7 Å². The largest absolute Gasteiger partial charge is 0.324 e. The van der Waals surface area contributed by atoms with E-state index in [4.69, 9.17) is 10.7 Å². The van der Waals surface area contributed by atoms with E-state index in [1.807, 2.05) is 12.1 Å². The first-order chi connectivity index (χ1) is 8.81. The molecular weight excluding hydrogens is 220 g/mol. The number of para-hydroxylation sites is 1. The number of allylic oxidation sites excluding steroid dienone is 1. The highest BCUT2D eigenvalue weighted by molar-refractivity contribution is 5.78. The molecule has 0 bridgehead atoms. The predicted octanol–water partition coefficient (Wildman–Crippen LogP) is 3.21. The first kappa shape index (κ1) is 11.4. The Kier molecular flexibility index (Phi) is 3.11. The van der Waals surface area contributed by atoms with Gasteiger partial charge in [-0.3, -0.25) is 4.98 Å². The van der Waals surface area contributed by atoms with Crippen LogP contribution in [0.1, 0.15) is 25.0 Å². The molecule has 1 aromatic heterocycles. The first-order valence-electron chi connectivity index (χ1n) is 6.61. The number of aromatic nitrogens is 1. The monoisotopic (exact) mass is 238 g/mol. The third-order valence-electron chi connectivity index (χ3n) is 3.55. The van der Waals surface area contributed by atoms with Crippen molar-refractivity contribution in [2.24, 2.45) is 5.73 Å². The summed E-state index contributed by atoms with van der Waals surface area (Å²) in [4.78, 5) is 4.71. The van der Waals surface area contributed by atoms with E-state index in [2.05, 4.69) is 30.3 Å². The van der Waals surface area contributed by atoms with Crippen LogP contribution in [0.5, 0.6) is 0 Å². The molecule has 0 amide bonds. The summed E-state index contributed by atoms with van der Waals surface area (Å²) in [6.45, 7) is 0. The van der Waals surface area contributed by atoms with Gasteiger partial charge in [0.05, 0.1) is 5.52 Å². The number of hydrogen-bond donors (Lipinski definition) is 1. The van der Waals surface area contributed by atoms with Crippen LogP contribution in [-0.2, 0) is 6.42 Å². The summed E-state index contributed by atoms with van der Waals surface area (Å²) in [6, 6.07) is 12.8. The van der Waals surface area contributed by atoms with Crippen molar-refractivity contribution in [2.45, 2.75) is 31.7 Å². The van der Waals surface area contributed by atoms with Gasteiger partial charge < -0.3 is 5.73 Å². The third kappa shape index (κ3) is 2.44. The standard InChI is InChI=1S/C16H18N2/c17-14-6-3-4-12(10-14)11-15-9-8-13-5-1-2-7-16(13)18-15/h1-2,5,7-10,14H,3-4,6,11,17H2. The minimum Gasteiger partial charge on any atom is -0.324 e. The summed E-state index contributed by atoms with van der Waals surface area (Å²) in [5.74, 6) is 0. The average Bonchev–Trinajstić information content (AvgIpc) is 2.39. The van der Waals surface area contributed by atoms with Crippen molar-refractivity contribution in [1.82, 2.24) is 4.98 Å². The van der Waals surface area contributed by atoms with E-state index in [1.54, 1.807) is 0 Å². The fourth-order valence-corrected chi connectivity index (χ4v) is 2.62. The van der Waals surface area contributed by atoms with Gasteiger partial charge in [0.1, 0.15) is 0 Å². The summed E-state index contributed by atoms with van der Waals surface area (Å²) in [5, 5.41) is 1.20. The van der Waals surface area contributed by atoms with Crippen LogP contribution in [0.25, 0.3) is 10.9 Å². The van der Waals surface area contributed by atoms with Crippen molar-refractivity contribution in [3.63, 3.8) is 0 Å². The summed E-state index contributed by atoms with van der Waals surface area (Å²) in [6.07, 6.45) is 6.66. The zero-order valence-corrected chi connectivity index (χ0v) is 10.5. The Bertz CT molecular complexity index is 586. The summed E-state index contributed by atoms with van der Waals surface area (Å²) < 4.78 is 0. The molecule has 1 unspecified atom stereocenters. The Morgan fingerprint density at radius 2 is 2.06 bits per heavy atom. The van der Waals surface area contributed by atoms with Gasteiger partial charge in [-0.2, -0.15) is 0 Å². The van der Waals surface area contributed by atoms with Crippen LogP contribution in [-0.4, -0.2) is 11.0 Å². The van der Waals surface area contributed by atoms with E-state index in [1.165, 1.54) is 23.8 Å². The molecule has 2 aromatic rings. The Labute approximate surface area is 108 Å². The number of nitrogens with two attached hydrogens (primary N) is 1. The van der Waals surface area contributed by atoms with Gasteiger partial charge in [0, 0.05) is 23.5 Å². The number of fused-ring (bicyclic) bond motifs is 1. The average molecular weight is 238 g/mol. The van der Waals surface area contributed by atoms with E-state index in [9.17, 15) is 0 Å². The molecule has 3 rings (SSSR count). The molecule has 18 heavy (non-hydrogen) atoms. The normalized spacial score (nSPS) is 19.8. The Morgan fingerprint density at radius 3 is 2.94 bits per heavy atom. The lowest BCUT2D eigenvalue weighted by Crippen LogP contribution is -2.20. The van der Waals surface area contributed by atoms with E-state index >= 15 is 0 Å². The fourth-order valence-electron chi connectivity index (χ4n) is 2.62. The summed E-state index contributed by atoms with van der Waals surface area (Å²) >= 11 is 0. The lowest BCUT2D eigenvalue weighted by molar-refractivity contribution is 0.616. The van der Waals surface area contributed by atoms with E-state index in [0.29, 0.717) is 0 Å². The van der Waals surface area contributed by atoms with Crippen molar-refractivity contribution >= 4 is 10.9 Å². The molecule has 92 valence electrons. The second-order valence-electron chi connectivity index (χ2n) is 5.05. The zero-order valence-electron chi connectivity index (χ0n) is 10.5. The zero-order chi connectivity index (χ0) is 12.4. The second-order valence-corrected chi connectivity index (χ2v) is 5.05. The number of nitrogens with zero attached hydrogens (tertiary/aromatic N) is 1. The predicted molar refractivity (Wildman–Crippen MR) is 75.4 cm³/mol. The molecule has 1 aliphatic carbocycles. The van der Waals surface area contributed by atoms with Crippen LogP contribution in [0.15, 0.2) is 48.0 Å². The molecule has 0 radical (unpaired) electrons. The molecule has 0 saturated heterocycles. The van der Waals surface area contributed by atoms with Crippen molar-refractivity contribution < 1.29 is 0 Å². The van der Waals surface area contributed by atoms with E-state index in [0.717, 1.165) is 24.1 Å². The van der Waals surface area contributed by atoms with Crippen LogP contribution in [0, 0.1) is 0 Å². The quantitative estimate of drug-likeness (QED) is 0.816. The van der Waals surface area contributed by atoms with E-state index < -0.39 is 0 Å². The highest BCUT2D eigenvalue weighted by Crippen LogP contribution is 2.21. The molecule has 1 heterocycles. The van der Waals surface area contributed by atoms with Gasteiger partial charge in [-0.15, -0.1) is 0 Å². The maximum absolute atomic E-state index is 5.97. The molecule has 1 aromatic carbocycles. The molecule has 2 N–H and O–H groups in total. The smallest absolute Gasteiger partial charge is 0.0705 e. The highest BCUT2D eigenvalue weighted by Gasteiger charge is 2.10. The lowest BCUT2D eigenvalue weighted by atomic mass is 9.93. The Morgan fingerprint density at radius 1 is 1.17 bits per heavy atom. The number of rotatable bonds is 2. The second kappa shape index (κ2) is 4.91. The van der Waals surface area contributed by atoms with Crippen LogP contribution < -0.4 is 5.73 Å². The Balaban J connectivity index is 1.86. The topological polar surface area (TPSA) is 38.9 Å². The molecule has 2 heteroatoms. The molecular formula is C16H18N2. The van der Waals surface area contributed by atoms with Gasteiger partial charge in [0.25, 0.3) is 0 Å². The molecule has 1 aliphatic rings. The molecule has 1 atom stereocenters. The van der Waals surface area contributed by atoms with Crippen LogP contribution in [0.3, 0.4) is 0 Å². The van der Waals surface area contributed by atoms with Gasteiger partial charge in [0.15, 0.2) is 0 Å². The lowest BCUT2D eigenvalue weighted by Gasteiger charge is -2.17. The minimum atomic E-state index is 0.245. The van der Waals surface area contributed by atoms with Crippen LogP contribution in [0.2, 0.25) is 0 Å². The molecule has 2 nitrogen and oxygen atoms in total. The molecule has 0 saturated carbocycles. The summed E-state index contributed by atoms with van der Waals surface area (Å²) in [7, 11) is 0. The van der Waals surface area contributed by atoms with Gasteiger partial charge >= 0.3 is 0 Å². The van der Waals surface area contributed by atoms with E-state index in [-0.39, 0.29) is 6.04 Å². The van der Waals surface area contributed by atoms with Gasteiger partial charge in [-0.05, 0) is 31.4 Å². The third-order valence-corrected chi connectivity index (χ3v) is 3.55. The van der Waals surface area contributed by atoms with Crippen molar-refractivity contribution in [2.75, 3.05) is 0 Å². The highest BCUT2D eigenvalue weighted by atomic mass is 14.7. The maximum Gasteiger partial charge on any atom is 0.0705 e. The molecule has 0 aliphatic heterocycles. The number of hydrogen-bond acceptors (Lipinski definition) is 2. The van der Waals surface area contributed by atoms with Crippen molar-refractivity contribution in [3.8, 4) is 0 Å². The number of pyridine rings is 1. The number of benzene rings is 1.